The van der Waals surface area contributed by atoms with Gasteiger partial charge in [0.25, 0.3) is 10.0 Å². The number of piperidine rings is 1. The van der Waals surface area contributed by atoms with Gasteiger partial charge in [-0.25, -0.2) is 18.7 Å². The largest absolute Gasteiger partial charge is 0.414 e. The smallest absolute Gasteiger partial charge is 0.392 e. The molecule has 1 saturated heterocycles. The number of benzene rings is 1. The molecule has 1 aromatic heterocycles. The lowest BCUT2D eigenvalue weighted by Gasteiger charge is -2.35. The Hall–Kier alpha value is -2.40. The molecule has 2 aliphatic heterocycles. The standard InChI is InChI=1S/C21H25N3O5S2/c1-15-5-7-17(8-6-15)16(2)22-20(25)28-18-14-21(29-23-18)9-11-24(12-10-21)31(26,27)19-4-3-13-30-19/h3-8,13-14,16,23H,9-12H2,1-2H3,(H,22,25). The first-order chi connectivity index (χ1) is 14.8. The SMILES string of the molecule is Cc1ccc(C(C)NC(=O)OC2=CC3(CCN(S(=O)(=O)c4cccs4)CC3)ON2)cc1. The van der Waals surface area contributed by atoms with Crippen LogP contribution in [-0.2, 0) is 19.6 Å². The van der Waals surface area contributed by atoms with Crippen LogP contribution >= 0.6 is 11.3 Å². The number of carbonyl (C=O) groups is 1. The van der Waals surface area contributed by atoms with Crippen LogP contribution < -0.4 is 10.8 Å². The maximum absolute atomic E-state index is 12.7. The molecule has 1 amide bonds. The van der Waals surface area contributed by atoms with Crippen molar-refractivity contribution in [1.82, 2.24) is 15.1 Å². The van der Waals surface area contributed by atoms with Crippen LogP contribution in [0.15, 0.2) is 57.9 Å². The minimum Gasteiger partial charge on any atom is -0.392 e. The Morgan fingerprint density at radius 2 is 1.97 bits per heavy atom. The molecule has 166 valence electrons. The third kappa shape index (κ3) is 4.77. The second kappa shape index (κ2) is 8.62. The molecule has 10 heteroatoms. The molecule has 8 nitrogen and oxygen atoms in total. The summed E-state index contributed by atoms with van der Waals surface area (Å²) < 4.78 is 32.5. The third-order valence-electron chi connectivity index (χ3n) is 5.52. The highest BCUT2D eigenvalue weighted by atomic mass is 32.2. The number of ether oxygens (including phenoxy) is 1. The summed E-state index contributed by atoms with van der Waals surface area (Å²) in [5.41, 5.74) is 4.09. The number of hydroxylamine groups is 1. The number of sulfonamides is 1. The monoisotopic (exact) mass is 463 g/mol. The number of nitrogens with one attached hydrogen (secondary N) is 2. The molecular formula is C21H25N3O5S2. The fourth-order valence-corrected chi connectivity index (χ4v) is 6.22. The summed E-state index contributed by atoms with van der Waals surface area (Å²) in [6.07, 6.45) is 2.04. The molecule has 2 N–H and O–H groups in total. The fourth-order valence-electron chi connectivity index (χ4n) is 3.63. The number of amides is 1. The Morgan fingerprint density at radius 3 is 2.61 bits per heavy atom. The minimum atomic E-state index is -3.48. The van der Waals surface area contributed by atoms with Crippen molar-refractivity contribution in [1.29, 1.82) is 0 Å². The fraction of sp³-hybridized carbons (Fsp3) is 0.381. The van der Waals surface area contributed by atoms with Crippen LogP contribution in [0, 0.1) is 6.92 Å². The first-order valence-corrected chi connectivity index (χ1v) is 12.3. The number of alkyl carbamates (subject to hydrolysis) is 1. The maximum atomic E-state index is 12.7. The second-order valence-electron chi connectivity index (χ2n) is 7.78. The molecule has 0 radical (unpaired) electrons. The molecule has 0 saturated carbocycles. The van der Waals surface area contributed by atoms with Gasteiger partial charge in [0.15, 0.2) is 0 Å². The average Bonchev–Trinajstić information content (AvgIpc) is 3.40. The van der Waals surface area contributed by atoms with Gasteiger partial charge < -0.3 is 10.1 Å². The third-order valence-corrected chi connectivity index (χ3v) is 8.79. The molecule has 1 unspecified atom stereocenters. The second-order valence-corrected chi connectivity index (χ2v) is 10.9. The molecule has 0 bridgehead atoms. The molecule has 1 fully saturated rings. The maximum Gasteiger partial charge on any atom is 0.414 e. The van der Waals surface area contributed by atoms with Crippen molar-refractivity contribution < 1.29 is 22.8 Å². The Bertz CT molecular complexity index is 1060. The molecule has 31 heavy (non-hydrogen) atoms. The van der Waals surface area contributed by atoms with Gasteiger partial charge in [-0.3, -0.25) is 4.84 Å². The van der Waals surface area contributed by atoms with Crippen molar-refractivity contribution in [3.63, 3.8) is 0 Å². The van der Waals surface area contributed by atoms with E-state index in [1.807, 2.05) is 38.1 Å². The zero-order valence-electron chi connectivity index (χ0n) is 17.3. The van der Waals surface area contributed by atoms with Crippen molar-refractivity contribution in [2.24, 2.45) is 0 Å². The summed E-state index contributed by atoms with van der Waals surface area (Å²) in [5.74, 6) is 0.211. The van der Waals surface area contributed by atoms with Gasteiger partial charge in [0.2, 0.25) is 5.88 Å². The number of aryl methyl sites for hydroxylation is 1. The zero-order valence-corrected chi connectivity index (χ0v) is 19.0. The van der Waals surface area contributed by atoms with Crippen molar-refractivity contribution in [2.45, 2.75) is 42.5 Å². The van der Waals surface area contributed by atoms with Crippen LogP contribution in [0.2, 0.25) is 0 Å². The van der Waals surface area contributed by atoms with Crippen LogP contribution in [-0.4, -0.2) is 37.5 Å². The highest BCUT2D eigenvalue weighted by Gasteiger charge is 2.42. The van der Waals surface area contributed by atoms with Gasteiger partial charge in [-0.1, -0.05) is 35.9 Å². The van der Waals surface area contributed by atoms with E-state index in [1.54, 1.807) is 23.6 Å². The predicted octanol–water partition coefficient (Wildman–Crippen LogP) is 3.44. The van der Waals surface area contributed by atoms with E-state index in [1.165, 1.54) is 15.6 Å². The van der Waals surface area contributed by atoms with Gasteiger partial charge >= 0.3 is 6.09 Å². The quantitative estimate of drug-likeness (QED) is 0.705. The minimum absolute atomic E-state index is 0.211. The Labute approximate surface area is 185 Å². The Balaban J connectivity index is 1.33. The summed E-state index contributed by atoms with van der Waals surface area (Å²) >= 11 is 1.21. The van der Waals surface area contributed by atoms with Crippen molar-refractivity contribution in [3.8, 4) is 0 Å². The summed E-state index contributed by atoms with van der Waals surface area (Å²) in [6, 6.07) is 11.0. The van der Waals surface area contributed by atoms with Gasteiger partial charge in [0, 0.05) is 19.2 Å². The zero-order chi connectivity index (χ0) is 22.1. The predicted molar refractivity (Wildman–Crippen MR) is 117 cm³/mol. The highest BCUT2D eigenvalue weighted by molar-refractivity contribution is 7.91. The number of hydrogen-bond acceptors (Lipinski definition) is 7. The van der Waals surface area contributed by atoms with Gasteiger partial charge in [0.05, 0.1) is 6.04 Å². The number of carbonyl (C=O) groups excluding carboxylic acids is 1. The Morgan fingerprint density at radius 1 is 1.26 bits per heavy atom. The van der Waals surface area contributed by atoms with Crippen LogP contribution in [0.4, 0.5) is 4.79 Å². The summed E-state index contributed by atoms with van der Waals surface area (Å²) in [6.45, 7) is 4.53. The number of rotatable bonds is 5. The summed E-state index contributed by atoms with van der Waals surface area (Å²) in [5, 5.41) is 4.54. The van der Waals surface area contributed by atoms with E-state index in [2.05, 4.69) is 10.8 Å². The van der Waals surface area contributed by atoms with E-state index in [0.717, 1.165) is 11.1 Å². The molecule has 4 rings (SSSR count). The summed E-state index contributed by atoms with van der Waals surface area (Å²) in [4.78, 5) is 18.0. The van der Waals surface area contributed by atoms with Gasteiger partial charge in [-0.05, 0) is 43.7 Å². The van der Waals surface area contributed by atoms with Crippen LogP contribution in [0.5, 0.6) is 0 Å². The Kier molecular flexibility index (Phi) is 6.07. The lowest BCUT2D eigenvalue weighted by Crippen LogP contribution is -2.46. The molecule has 1 aromatic carbocycles. The van der Waals surface area contributed by atoms with E-state index in [9.17, 15) is 13.2 Å². The average molecular weight is 464 g/mol. The van der Waals surface area contributed by atoms with Gasteiger partial charge in [0.1, 0.15) is 9.81 Å². The van der Waals surface area contributed by atoms with Crippen molar-refractivity contribution in [2.75, 3.05) is 13.1 Å². The van der Waals surface area contributed by atoms with Crippen molar-refractivity contribution in [3.05, 3.63) is 64.9 Å². The van der Waals surface area contributed by atoms with E-state index in [0.29, 0.717) is 30.1 Å². The number of thiophene rings is 1. The van der Waals surface area contributed by atoms with Gasteiger partial charge in [-0.15, -0.1) is 11.3 Å². The lowest BCUT2D eigenvalue weighted by atomic mass is 9.93. The normalized spacial score (nSPS) is 19.5. The molecule has 0 aliphatic carbocycles. The van der Waals surface area contributed by atoms with E-state index in [4.69, 9.17) is 9.57 Å². The number of hydrogen-bond donors (Lipinski definition) is 2. The van der Waals surface area contributed by atoms with Crippen LogP contribution in [0.3, 0.4) is 0 Å². The topological polar surface area (TPSA) is 97.0 Å². The lowest BCUT2D eigenvalue weighted by molar-refractivity contribution is -0.0729. The first-order valence-electron chi connectivity index (χ1n) is 10.0. The number of nitrogens with zero attached hydrogens (tertiary/aromatic N) is 1. The van der Waals surface area contributed by atoms with E-state index >= 15 is 0 Å². The van der Waals surface area contributed by atoms with Crippen LogP contribution in [0.25, 0.3) is 0 Å². The molecule has 1 atom stereocenters. The van der Waals surface area contributed by atoms with E-state index < -0.39 is 21.7 Å². The van der Waals surface area contributed by atoms with E-state index in [-0.39, 0.29) is 11.9 Å². The molecular weight excluding hydrogens is 438 g/mol. The first kappa shape index (κ1) is 21.8. The van der Waals surface area contributed by atoms with Crippen LogP contribution in [0.1, 0.15) is 36.9 Å². The highest BCUT2D eigenvalue weighted by Crippen LogP contribution is 2.34. The molecule has 2 aromatic rings. The van der Waals surface area contributed by atoms with Crippen molar-refractivity contribution >= 4 is 27.5 Å². The van der Waals surface area contributed by atoms with Gasteiger partial charge in [-0.2, -0.15) is 4.31 Å². The molecule has 3 heterocycles. The molecule has 1 spiro atoms. The summed E-state index contributed by atoms with van der Waals surface area (Å²) in [7, 11) is -3.48. The molecule has 2 aliphatic rings.